The molecule has 1 fully saturated rings. The Bertz CT molecular complexity index is 641. The minimum atomic E-state index is -0.101. The first-order valence-electron chi connectivity index (χ1n) is 7.35. The third-order valence-corrected chi connectivity index (χ3v) is 4.09. The molecule has 0 spiro atoms. The predicted octanol–water partition coefficient (Wildman–Crippen LogP) is 1.85. The molecule has 0 bridgehead atoms. The Morgan fingerprint density at radius 2 is 2.23 bits per heavy atom. The molecule has 0 radical (unpaired) electrons. The van der Waals surface area contributed by atoms with Gasteiger partial charge in [-0.3, -0.25) is 9.78 Å². The molecule has 1 aliphatic rings. The summed E-state index contributed by atoms with van der Waals surface area (Å²) >= 11 is 0. The van der Waals surface area contributed by atoms with Crippen molar-refractivity contribution in [2.24, 2.45) is 0 Å². The number of likely N-dealkylation sites (tertiary alicyclic amines) is 1. The number of pyridine rings is 1. The van der Waals surface area contributed by atoms with Crippen LogP contribution in [0.4, 0.5) is 0 Å². The summed E-state index contributed by atoms with van der Waals surface area (Å²) in [5.74, 6) is 0.534. The maximum absolute atomic E-state index is 12.7. The van der Waals surface area contributed by atoms with Gasteiger partial charge in [-0.05, 0) is 37.5 Å². The Morgan fingerprint density at radius 3 is 2.86 bits per heavy atom. The number of amides is 1. The zero-order chi connectivity index (χ0) is 15.5. The van der Waals surface area contributed by atoms with E-state index in [1.807, 2.05) is 17.0 Å². The molecule has 22 heavy (non-hydrogen) atoms. The third kappa shape index (κ3) is 2.87. The number of aryl methyl sites for hydroxylation is 1. The molecule has 0 unspecified atom stereocenters. The van der Waals surface area contributed by atoms with Gasteiger partial charge in [-0.25, -0.2) is 0 Å². The standard InChI is InChI=1S/C16H19N3O3/c1-11-9-13(18-22-11)16(20)19-8-5-15(21-2)14(19)10-12-3-6-17-7-4-12/h3-4,6-7,9,14-15H,5,8,10H2,1-2H3/t14-,15-/m0/s1. The summed E-state index contributed by atoms with van der Waals surface area (Å²) < 4.78 is 10.6. The number of methoxy groups -OCH3 is 1. The molecule has 0 saturated carbocycles. The molecule has 6 heteroatoms. The largest absolute Gasteiger partial charge is 0.379 e. The summed E-state index contributed by atoms with van der Waals surface area (Å²) in [5.41, 5.74) is 1.49. The molecule has 3 rings (SSSR count). The molecule has 0 aromatic carbocycles. The molecule has 116 valence electrons. The summed E-state index contributed by atoms with van der Waals surface area (Å²) in [6.07, 6.45) is 5.13. The summed E-state index contributed by atoms with van der Waals surface area (Å²) in [7, 11) is 1.69. The van der Waals surface area contributed by atoms with Crippen LogP contribution in [0.15, 0.2) is 35.1 Å². The van der Waals surface area contributed by atoms with E-state index in [0.717, 1.165) is 18.4 Å². The fourth-order valence-electron chi connectivity index (χ4n) is 2.97. The first-order chi connectivity index (χ1) is 10.7. The fraction of sp³-hybridized carbons (Fsp3) is 0.438. The van der Waals surface area contributed by atoms with Crippen LogP contribution in [-0.2, 0) is 11.2 Å². The van der Waals surface area contributed by atoms with Gasteiger partial charge >= 0.3 is 0 Å². The van der Waals surface area contributed by atoms with E-state index in [2.05, 4.69) is 10.1 Å². The van der Waals surface area contributed by atoms with Crippen molar-refractivity contribution in [3.63, 3.8) is 0 Å². The Morgan fingerprint density at radius 1 is 1.45 bits per heavy atom. The summed E-state index contributed by atoms with van der Waals surface area (Å²) in [4.78, 5) is 18.5. The second-order valence-electron chi connectivity index (χ2n) is 5.51. The third-order valence-electron chi connectivity index (χ3n) is 4.09. The molecule has 3 heterocycles. The van der Waals surface area contributed by atoms with Gasteiger partial charge in [-0.1, -0.05) is 5.16 Å². The van der Waals surface area contributed by atoms with Crippen molar-refractivity contribution < 1.29 is 14.1 Å². The van der Waals surface area contributed by atoms with E-state index in [1.165, 1.54) is 0 Å². The van der Waals surface area contributed by atoms with Crippen molar-refractivity contribution in [1.82, 2.24) is 15.0 Å². The highest BCUT2D eigenvalue weighted by molar-refractivity contribution is 5.92. The molecule has 6 nitrogen and oxygen atoms in total. The number of ether oxygens (including phenoxy) is 1. The van der Waals surface area contributed by atoms with Gasteiger partial charge in [0, 0.05) is 32.1 Å². The van der Waals surface area contributed by atoms with Gasteiger partial charge in [-0.2, -0.15) is 0 Å². The van der Waals surface area contributed by atoms with Crippen LogP contribution in [0.3, 0.4) is 0 Å². The monoisotopic (exact) mass is 301 g/mol. The maximum Gasteiger partial charge on any atom is 0.276 e. The smallest absolute Gasteiger partial charge is 0.276 e. The number of carbonyl (C=O) groups excluding carboxylic acids is 1. The van der Waals surface area contributed by atoms with E-state index in [9.17, 15) is 4.79 Å². The van der Waals surface area contributed by atoms with Gasteiger partial charge < -0.3 is 14.2 Å². The Labute approximate surface area is 129 Å². The van der Waals surface area contributed by atoms with Crippen LogP contribution >= 0.6 is 0 Å². The van der Waals surface area contributed by atoms with E-state index >= 15 is 0 Å². The normalized spacial score (nSPS) is 21.3. The van der Waals surface area contributed by atoms with Crippen molar-refractivity contribution in [2.75, 3.05) is 13.7 Å². The molecule has 2 aromatic rings. The van der Waals surface area contributed by atoms with Crippen LogP contribution in [0.1, 0.15) is 28.2 Å². The maximum atomic E-state index is 12.7. The number of hydrogen-bond donors (Lipinski definition) is 0. The van der Waals surface area contributed by atoms with E-state index in [0.29, 0.717) is 18.0 Å². The van der Waals surface area contributed by atoms with Gasteiger partial charge in [0.2, 0.25) is 0 Å². The molecule has 2 atom stereocenters. The zero-order valence-corrected chi connectivity index (χ0v) is 12.7. The Kier molecular flexibility index (Phi) is 4.20. The van der Waals surface area contributed by atoms with Gasteiger partial charge in [0.1, 0.15) is 5.76 Å². The highest BCUT2D eigenvalue weighted by atomic mass is 16.5. The second-order valence-corrected chi connectivity index (χ2v) is 5.51. The van der Waals surface area contributed by atoms with Crippen molar-refractivity contribution in [3.8, 4) is 0 Å². The Balaban J connectivity index is 1.81. The molecular formula is C16H19N3O3. The highest BCUT2D eigenvalue weighted by Gasteiger charge is 2.38. The lowest BCUT2D eigenvalue weighted by Gasteiger charge is -2.27. The number of aromatic nitrogens is 2. The number of hydrogen-bond acceptors (Lipinski definition) is 5. The fourth-order valence-corrected chi connectivity index (χ4v) is 2.97. The minimum Gasteiger partial charge on any atom is -0.379 e. The van der Waals surface area contributed by atoms with Crippen LogP contribution in [-0.4, -0.2) is 46.7 Å². The number of carbonyl (C=O) groups is 1. The molecule has 1 aliphatic heterocycles. The second kappa shape index (κ2) is 6.27. The lowest BCUT2D eigenvalue weighted by atomic mass is 10.0. The van der Waals surface area contributed by atoms with E-state index in [-0.39, 0.29) is 18.1 Å². The van der Waals surface area contributed by atoms with Gasteiger partial charge in [0.25, 0.3) is 5.91 Å². The SMILES string of the molecule is CO[C@H]1CCN(C(=O)c2cc(C)on2)[C@H]1Cc1ccncc1. The first-order valence-corrected chi connectivity index (χ1v) is 7.35. The van der Waals surface area contributed by atoms with Gasteiger partial charge in [0.15, 0.2) is 5.69 Å². The van der Waals surface area contributed by atoms with Crippen molar-refractivity contribution in [2.45, 2.75) is 31.9 Å². The minimum absolute atomic E-state index is 0.00286. The van der Waals surface area contributed by atoms with E-state index in [1.54, 1.807) is 32.5 Å². The topological polar surface area (TPSA) is 68.5 Å². The Hall–Kier alpha value is -2.21. The van der Waals surface area contributed by atoms with Crippen LogP contribution in [0.5, 0.6) is 0 Å². The average Bonchev–Trinajstić information content (AvgIpc) is 3.14. The zero-order valence-electron chi connectivity index (χ0n) is 12.7. The van der Waals surface area contributed by atoms with Crippen LogP contribution in [0.25, 0.3) is 0 Å². The molecular weight excluding hydrogens is 282 g/mol. The van der Waals surface area contributed by atoms with Crippen LogP contribution in [0, 0.1) is 6.92 Å². The lowest BCUT2D eigenvalue weighted by Crippen LogP contribution is -2.41. The van der Waals surface area contributed by atoms with Crippen LogP contribution < -0.4 is 0 Å². The molecule has 1 amide bonds. The first kappa shape index (κ1) is 14.7. The number of rotatable bonds is 4. The summed E-state index contributed by atoms with van der Waals surface area (Å²) in [6.45, 7) is 2.44. The lowest BCUT2D eigenvalue weighted by molar-refractivity contribution is 0.0502. The summed E-state index contributed by atoms with van der Waals surface area (Å²) in [6, 6.07) is 5.60. The average molecular weight is 301 g/mol. The quantitative estimate of drug-likeness (QED) is 0.862. The molecule has 0 N–H and O–H groups in total. The predicted molar refractivity (Wildman–Crippen MR) is 79.4 cm³/mol. The van der Waals surface area contributed by atoms with E-state index < -0.39 is 0 Å². The molecule has 1 saturated heterocycles. The molecule has 0 aliphatic carbocycles. The van der Waals surface area contributed by atoms with Crippen molar-refractivity contribution >= 4 is 5.91 Å². The summed E-state index contributed by atoms with van der Waals surface area (Å²) in [5, 5.41) is 3.84. The number of nitrogens with zero attached hydrogens (tertiary/aromatic N) is 3. The van der Waals surface area contributed by atoms with Crippen molar-refractivity contribution in [3.05, 3.63) is 47.6 Å². The van der Waals surface area contributed by atoms with Crippen LogP contribution in [0.2, 0.25) is 0 Å². The highest BCUT2D eigenvalue weighted by Crippen LogP contribution is 2.25. The molecule has 2 aromatic heterocycles. The van der Waals surface area contributed by atoms with Crippen molar-refractivity contribution in [1.29, 1.82) is 0 Å². The van der Waals surface area contributed by atoms with E-state index in [4.69, 9.17) is 9.26 Å². The van der Waals surface area contributed by atoms with Gasteiger partial charge in [-0.15, -0.1) is 0 Å². The van der Waals surface area contributed by atoms with Gasteiger partial charge in [0.05, 0.1) is 12.1 Å².